The van der Waals surface area contributed by atoms with Crippen molar-refractivity contribution in [1.82, 2.24) is 0 Å². The Morgan fingerprint density at radius 2 is 1.35 bits per heavy atom. The Labute approximate surface area is 198 Å². The molecule has 0 saturated heterocycles. The Hall–Kier alpha value is -4.58. The summed E-state index contributed by atoms with van der Waals surface area (Å²) < 4.78 is 5.47. The average Bonchev–Trinajstić information content (AvgIpc) is 2.86. The van der Waals surface area contributed by atoms with E-state index in [1.54, 1.807) is 48.5 Å². The van der Waals surface area contributed by atoms with Gasteiger partial charge >= 0.3 is 0 Å². The summed E-state index contributed by atoms with van der Waals surface area (Å²) in [6, 6.07) is 31.1. The second kappa shape index (κ2) is 10.8. The fourth-order valence-corrected chi connectivity index (χ4v) is 3.40. The number of hydrogen-bond donors (Lipinski definition) is 3. The molecule has 2 amide bonds. The van der Waals surface area contributed by atoms with Crippen molar-refractivity contribution in [3.8, 4) is 5.75 Å². The van der Waals surface area contributed by atoms with E-state index < -0.39 is 0 Å². The van der Waals surface area contributed by atoms with Crippen molar-refractivity contribution in [2.24, 2.45) is 0 Å². The molecule has 0 aliphatic carbocycles. The van der Waals surface area contributed by atoms with Crippen LogP contribution in [0.1, 0.15) is 27.6 Å². The predicted molar refractivity (Wildman–Crippen MR) is 136 cm³/mol. The van der Waals surface area contributed by atoms with E-state index in [1.807, 2.05) is 61.5 Å². The first-order chi connectivity index (χ1) is 16.6. The van der Waals surface area contributed by atoms with Crippen LogP contribution in [0.5, 0.6) is 5.75 Å². The van der Waals surface area contributed by atoms with Gasteiger partial charge in [-0.25, -0.2) is 0 Å². The first-order valence-electron chi connectivity index (χ1n) is 11.0. The molecule has 6 heteroatoms. The highest BCUT2D eigenvalue weighted by Crippen LogP contribution is 2.22. The molecule has 0 aromatic heterocycles. The topological polar surface area (TPSA) is 79.5 Å². The molecule has 0 spiro atoms. The Morgan fingerprint density at radius 3 is 2.12 bits per heavy atom. The van der Waals surface area contributed by atoms with E-state index in [9.17, 15) is 9.59 Å². The molecule has 34 heavy (non-hydrogen) atoms. The van der Waals surface area contributed by atoms with Crippen LogP contribution >= 0.6 is 0 Å². The van der Waals surface area contributed by atoms with Crippen LogP contribution in [0.4, 0.5) is 22.7 Å². The second-order valence-electron chi connectivity index (χ2n) is 7.48. The summed E-state index contributed by atoms with van der Waals surface area (Å²) in [7, 11) is 0. The predicted octanol–water partition coefficient (Wildman–Crippen LogP) is 6.33. The zero-order valence-electron chi connectivity index (χ0n) is 18.7. The molecule has 0 aliphatic heterocycles. The van der Waals surface area contributed by atoms with Gasteiger partial charge in [-0.3, -0.25) is 9.59 Å². The van der Waals surface area contributed by atoms with E-state index in [0.717, 1.165) is 11.4 Å². The minimum atomic E-state index is -0.321. The zero-order chi connectivity index (χ0) is 23.8. The normalized spacial score (nSPS) is 10.3. The maximum absolute atomic E-state index is 13.0. The maximum atomic E-state index is 13.0. The molecule has 0 bridgehead atoms. The van der Waals surface area contributed by atoms with Gasteiger partial charge in [0.1, 0.15) is 5.75 Å². The lowest BCUT2D eigenvalue weighted by Gasteiger charge is -2.13. The molecule has 0 aliphatic rings. The van der Waals surface area contributed by atoms with Crippen LogP contribution in [0.15, 0.2) is 103 Å². The molecule has 0 saturated carbocycles. The summed E-state index contributed by atoms with van der Waals surface area (Å²) in [5, 5.41) is 9.03. The van der Waals surface area contributed by atoms with Gasteiger partial charge in [0.2, 0.25) is 0 Å². The van der Waals surface area contributed by atoms with Gasteiger partial charge in [0.05, 0.1) is 17.9 Å². The lowest BCUT2D eigenvalue weighted by atomic mass is 10.1. The summed E-state index contributed by atoms with van der Waals surface area (Å²) in [4.78, 5) is 25.8. The average molecular weight is 452 g/mol. The maximum Gasteiger partial charge on any atom is 0.257 e. The fraction of sp³-hybridized carbons (Fsp3) is 0.0714. The highest BCUT2D eigenvalue weighted by molar-refractivity contribution is 6.12. The van der Waals surface area contributed by atoms with Gasteiger partial charge < -0.3 is 20.7 Å². The third-order valence-electron chi connectivity index (χ3n) is 5.03. The lowest BCUT2D eigenvalue weighted by Crippen LogP contribution is -2.18. The number of para-hydroxylation sites is 2. The summed E-state index contributed by atoms with van der Waals surface area (Å²) in [5.74, 6) is -0.0211. The summed E-state index contributed by atoms with van der Waals surface area (Å²) in [6.07, 6.45) is 0. The van der Waals surface area contributed by atoms with Gasteiger partial charge in [-0.05, 0) is 73.7 Å². The molecule has 4 aromatic rings. The van der Waals surface area contributed by atoms with Crippen LogP contribution < -0.4 is 20.7 Å². The monoisotopic (exact) mass is 451 g/mol. The Balaban J connectivity index is 1.44. The first kappa shape index (κ1) is 22.6. The SMILES string of the molecule is CCOc1cccc(C(=O)Nc2ccccc2C(=O)Nc2ccc(Nc3ccccc3)cc2)c1. The van der Waals surface area contributed by atoms with Crippen molar-refractivity contribution in [1.29, 1.82) is 0 Å². The molecular weight excluding hydrogens is 426 g/mol. The highest BCUT2D eigenvalue weighted by atomic mass is 16.5. The molecule has 0 atom stereocenters. The number of ether oxygens (including phenoxy) is 1. The standard InChI is InChI=1S/C28H25N3O3/c1-2-34-24-12-8-9-20(19-24)27(32)31-26-14-7-6-13-25(26)28(33)30-23-17-15-22(16-18-23)29-21-10-4-3-5-11-21/h3-19,29H,2H2,1H3,(H,30,33)(H,31,32). The van der Waals surface area contributed by atoms with Crippen LogP contribution in [-0.4, -0.2) is 18.4 Å². The number of benzene rings is 4. The van der Waals surface area contributed by atoms with E-state index in [0.29, 0.717) is 34.9 Å². The van der Waals surface area contributed by atoms with Gasteiger partial charge in [-0.1, -0.05) is 36.4 Å². The molecule has 0 radical (unpaired) electrons. The number of hydrogen-bond acceptors (Lipinski definition) is 4. The molecule has 3 N–H and O–H groups in total. The lowest BCUT2D eigenvalue weighted by molar-refractivity contribution is 0.102. The van der Waals surface area contributed by atoms with Crippen LogP contribution in [0.25, 0.3) is 0 Å². The molecule has 0 unspecified atom stereocenters. The third kappa shape index (κ3) is 5.81. The molecule has 4 rings (SSSR count). The van der Waals surface area contributed by atoms with E-state index in [1.165, 1.54) is 0 Å². The number of amides is 2. The molecule has 4 aromatic carbocycles. The molecular formula is C28H25N3O3. The molecule has 170 valence electrons. The van der Waals surface area contributed by atoms with Crippen molar-refractivity contribution in [2.75, 3.05) is 22.6 Å². The highest BCUT2D eigenvalue weighted by Gasteiger charge is 2.15. The van der Waals surface area contributed by atoms with Gasteiger partial charge in [0, 0.05) is 22.6 Å². The smallest absolute Gasteiger partial charge is 0.257 e. The fourth-order valence-electron chi connectivity index (χ4n) is 3.40. The van der Waals surface area contributed by atoms with Crippen LogP contribution in [0.2, 0.25) is 0 Å². The second-order valence-corrected chi connectivity index (χ2v) is 7.48. The van der Waals surface area contributed by atoms with E-state index in [-0.39, 0.29) is 11.8 Å². The Kier molecular flexibility index (Phi) is 7.20. The minimum absolute atomic E-state index is 0.317. The van der Waals surface area contributed by atoms with Gasteiger partial charge in [0.15, 0.2) is 0 Å². The van der Waals surface area contributed by atoms with Crippen molar-refractivity contribution < 1.29 is 14.3 Å². The zero-order valence-corrected chi connectivity index (χ0v) is 18.7. The quantitative estimate of drug-likeness (QED) is 0.292. The van der Waals surface area contributed by atoms with Crippen molar-refractivity contribution in [2.45, 2.75) is 6.92 Å². The molecule has 0 fully saturated rings. The molecule has 0 heterocycles. The van der Waals surface area contributed by atoms with Crippen LogP contribution in [-0.2, 0) is 0 Å². The van der Waals surface area contributed by atoms with Crippen molar-refractivity contribution in [3.63, 3.8) is 0 Å². The van der Waals surface area contributed by atoms with Crippen molar-refractivity contribution in [3.05, 3.63) is 114 Å². The van der Waals surface area contributed by atoms with E-state index in [2.05, 4.69) is 16.0 Å². The van der Waals surface area contributed by atoms with Gasteiger partial charge in [-0.15, -0.1) is 0 Å². The first-order valence-corrected chi connectivity index (χ1v) is 11.0. The van der Waals surface area contributed by atoms with Crippen LogP contribution in [0.3, 0.4) is 0 Å². The van der Waals surface area contributed by atoms with Crippen molar-refractivity contribution >= 4 is 34.6 Å². The van der Waals surface area contributed by atoms with Gasteiger partial charge in [0.25, 0.3) is 11.8 Å². The summed E-state index contributed by atoms with van der Waals surface area (Å²) in [5.41, 5.74) is 3.77. The van der Waals surface area contributed by atoms with E-state index in [4.69, 9.17) is 4.74 Å². The Morgan fingerprint density at radius 1 is 0.676 bits per heavy atom. The third-order valence-corrected chi connectivity index (χ3v) is 5.03. The van der Waals surface area contributed by atoms with E-state index >= 15 is 0 Å². The van der Waals surface area contributed by atoms with Crippen LogP contribution in [0, 0.1) is 0 Å². The number of anilines is 4. The Bertz CT molecular complexity index is 1270. The molecule has 6 nitrogen and oxygen atoms in total. The summed E-state index contributed by atoms with van der Waals surface area (Å²) in [6.45, 7) is 2.40. The number of rotatable bonds is 8. The number of carbonyl (C=O) groups is 2. The largest absolute Gasteiger partial charge is 0.494 e. The number of carbonyl (C=O) groups excluding carboxylic acids is 2. The number of nitrogens with one attached hydrogen (secondary N) is 3. The summed E-state index contributed by atoms with van der Waals surface area (Å²) >= 11 is 0. The van der Waals surface area contributed by atoms with Gasteiger partial charge in [-0.2, -0.15) is 0 Å². The minimum Gasteiger partial charge on any atom is -0.494 e.